The first-order valence-corrected chi connectivity index (χ1v) is 3.56. The van der Waals surface area contributed by atoms with Crippen LogP contribution in [0.3, 0.4) is 0 Å². The predicted octanol–water partition coefficient (Wildman–Crippen LogP) is -1.54. The predicted molar refractivity (Wildman–Crippen MR) is 46.6 cm³/mol. The van der Waals surface area contributed by atoms with Crippen LogP contribution in [0.5, 0.6) is 11.5 Å². The van der Waals surface area contributed by atoms with Crippen molar-refractivity contribution in [1.82, 2.24) is 0 Å². The fourth-order valence-electron chi connectivity index (χ4n) is 1.15. The van der Waals surface area contributed by atoms with Gasteiger partial charge in [-0.1, -0.05) is 13.8 Å². The Labute approximate surface area is 105 Å². The normalized spacial score (nSPS) is 11.5. The van der Waals surface area contributed by atoms with Crippen LogP contribution in [-0.4, -0.2) is 29.8 Å². The van der Waals surface area contributed by atoms with Gasteiger partial charge in [-0.3, -0.25) is 0 Å². The third kappa shape index (κ3) is 2.30. The summed E-state index contributed by atoms with van der Waals surface area (Å²) in [4.78, 5) is 0. The third-order valence-electron chi connectivity index (χ3n) is 2.02. The maximum Gasteiger partial charge on any atom is 2.00 e. The molecule has 0 saturated carbocycles. The van der Waals surface area contributed by atoms with Crippen molar-refractivity contribution in [1.29, 1.82) is 0 Å². The van der Waals surface area contributed by atoms with Crippen molar-refractivity contribution in [2.45, 2.75) is 13.8 Å². The summed E-state index contributed by atoms with van der Waals surface area (Å²) < 4.78 is 10.5. The summed E-state index contributed by atoms with van der Waals surface area (Å²) in [6.07, 6.45) is 0. The second kappa shape index (κ2) is 5.07. The molecule has 3 rings (SSSR count). The molecule has 66 valence electrons. The van der Waals surface area contributed by atoms with Gasteiger partial charge in [-0.2, -0.15) is 0 Å². The molecule has 1 aromatic rings. The minimum Gasteiger partial charge on any atom is -1.00 e. The van der Waals surface area contributed by atoms with E-state index in [4.69, 9.17) is 9.47 Å². The second-order valence-corrected chi connectivity index (χ2v) is 2.64. The minimum atomic E-state index is 0. The fourth-order valence-corrected chi connectivity index (χ4v) is 1.15. The van der Waals surface area contributed by atoms with Crippen molar-refractivity contribution >= 4 is 23.1 Å². The van der Waals surface area contributed by atoms with Gasteiger partial charge < -0.3 is 26.5 Å². The van der Waals surface area contributed by atoms with Crippen molar-refractivity contribution < 1.29 is 26.5 Å². The fraction of sp³-hybridized carbons (Fsp3) is 0.333. The van der Waals surface area contributed by atoms with Gasteiger partial charge in [0.15, 0.2) is 0 Å². The Kier molecular flexibility index (Phi) is 5.10. The molecule has 2 bridgehead atoms. The van der Waals surface area contributed by atoms with Crippen LogP contribution in [0.4, 0.5) is 0 Å². The molecule has 2 aliphatic rings. The van der Waals surface area contributed by atoms with Crippen LogP contribution in [0.25, 0.3) is 0 Å². The molecule has 2 nitrogen and oxygen atoms in total. The van der Waals surface area contributed by atoms with Crippen LogP contribution in [0.1, 0.15) is 11.1 Å². The van der Waals surface area contributed by atoms with E-state index in [2.05, 4.69) is 6.07 Å². The molecule has 0 N–H and O–H groups in total. The molecule has 0 fully saturated rings. The zero-order valence-electron chi connectivity index (χ0n) is 7.69. The maximum absolute atomic E-state index is 5.27. The van der Waals surface area contributed by atoms with E-state index < -0.39 is 0 Å². The van der Waals surface area contributed by atoms with E-state index in [1.165, 1.54) is 0 Å². The van der Waals surface area contributed by atoms with Gasteiger partial charge in [-0.15, -0.1) is 23.3 Å². The number of rotatable bonds is 0. The largest absolute Gasteiger partial charge is 2.00 e. The molecule has 0 aromatic heterocycles. The first kappa shape index (κ1) is 13.1. The quantitative estimate of drug-likeness (QED) is 0.412. The van der Waals surface area contributed by atoms with Gasteiger partial charge in [0, 0.05) is 11.5 Å². The van der Waals surface area contributed by atoms with E-state index in [1.54, 1.807) is 0 Å². The molecule has 0 amide bonds. The molecule has 2 aliphatic heterocycles. The molecular formula is C9H9BrMgO2. The van der Waals surface area contributed by atoms with Crippen LogP contribution >= 0.6 is 0 Å². The zero-order chi connectivity index (χ0) is 7.84. The smallest absolute Gasteiger partial charge is 1.00 e. The Morgan fingerprint density at radius 2 is 1.92 bits per heavy atom. The average molecular weight is 253 g/mol. The second-order valence-electron chi connectivity index (χ2n) is 2.64. The first-order chi connectivity index (χ1) is 5.29. The molecule has 0 atom stereocenters. The van der Waals surface area contributed by atoms with Crippen molar-refractivity contribution in [3.8, 4) is 11.5 Å². The number of ether oxygens (including phenoxy) is 2. The summed E-state index contributed by atoms with van der Waals surface area (Å²) in [5.41, 5.74) is 2.27. The summed E-state index contributed by atoms with van der Waals surface area (Å²) in [6.45, 7) is 4.35. The molecule has 1 aromatic carbocycles. The number of benzene rings is 1. The standard InChI is InChI=1S/C9H9O2.BrH.Mg/c1-6-7(2)9-4-3-8(6)10-5-11-9;;/h3H,5H2,1-2H3;1H;/q-1;;+2/p-1. The van der Waals surface area contributed by atoms with Gasteiger partial charge in [0.05, 0.1) is 0 Å². The van der Waals surface area contributed by atoms with Crippen molar-refractivity contribution in [3.05, 3.63) is 23.3 Å². The number of hydrogen-bond donors (Lipinski definition) is 0. The molecule has 0 radical (unpaired) electrons. The van der Waals surface area contributed by atoms with Gasteiger partial charge in [0.1, 0.15) is 0 Å². The third-order valence-corrected chi connectivity index (χ3v) is 2.02. The SMILES string of the molecule is Cc1c2[c-]cc(c1C)OCO2.[Br-].[Mg+2]. The molecule has 13 heavy (non-hydrogen) atoms. The monoisotopic (exact) mass is 252 g/mol. The Morgan fingerprint density at radius 3 is 2.62 bits per heavy atom. The van der Waals surface area contributed by atoms with Gasteiger partial charge >= 0.3 is 23.1 Å². The summed E-state index contributed by atoms with van der Waals surface area (Å²) >= 11 is 0. The van der Waals surface area contributed by atoms with E-state index in [-0.39, 0.29) is 40.0 Å². The van der Waals surface area contributed by atoms with Crippen LogP contribution in [0.2, 0.25) is 0 Å². The topological polar surface area (TPSA) is 18.5 Å². The van der Waals surface area contributed by atoms with Crippen molar-refractivity contribution in [2.75, 3.05) is 6.79 Å². The van der Waals surface area contributed by atoms with Crippen LogP contribution in [0, 0.1) is 19.9 Å². The first-order valence-electron chi connectivity index (χ1n) is 3.56. The van der Waals surface area contributed by atoms with Gasteiger partial charge in [-0.05, 0) is 0 Å². The Morgan fingerprint density at radius 1 is 1.23 bits per heavy atom. The zero-order valence-corrected chi connectivity index (χ0v) is 10.7. The molecule has 0 unspecified atom stereocenters. The molecule has 2 heterocycles. The molecule has 0 saturated heterocycles. The van der Waals surface area contributed by atoms with Crippen LogP contribution in [-0.2, 0) is 0 Å². The van der Waals surface area contributed by atoms with Gasteiger partial charge in [0.2, 0.25) is 6.79 Å². The van der Waals surface area contributed by atoms with Crippen molar-refractivity contribution in [2.24, 2.45) is 0 Å². The van der Waals surface area contributed by atoms with Crippen molar-refractivity contribution in [3.63, 3.8) is 0 Å². The van der Waals surface area contributed by atoms with E-state index in [0.717, 1.165) is 22.6 Å². The summed E-state index contributed by atoms with van der Waals surface area (Å²) in [6, 6.07) is 4.83. The maximum atomic E-state index is 5.27. The number of fused-ring (bicyclic) bond motifs is 4. The summed E-state index contributed by atoms with van der Waals surface area (Å²) in [5, 5.41) is 0. The molecule has 4 heteroatoms. The van der Waals surface area contributed by atoms with E-state index in [1.807, 2.05) is 19.9 Å². The van der Waals surface area contributed by atoms with E-state index in [9.17, 15) is 0 Å². The van der Waals surface area contributed by atoms with Crippen LogP contribution < -0.4 is 26.5 Å². The minimum absolute atomic E-state index is 0. The molecule has 0 aliphatic carbocycles. The average Bonchev–Trinajstić information content (AvgIpc) is 2.30. The Balaban J connectivity index is 0.000000720. The molecular weight excluding hydrogens is 244 g/mol. The number of hydrogen-bond acceptors (Lipinski definition) is 2. The Bertz CT molecular complexity index is 273. The Hall–Kier alpha value is 0.0662. The van der Waals surface area contributed by atoms with Gasteiger partial charge in [0.25, 0.3) is 0 Å². The van der Waals surface area contributed by atoms with E-state index in [0.29, 0.717) is 6.79 Å². The van der Waals surface area contributed by atoms with Gasteiger partial charge in [-0.25, -0.2) is 0 Å². The van der Waals surface area contributed by atoms with E-state index >= 15 is 0 Å². The number of halogens is 1. The van der Waals surface area contributed by atoms with Crippen LogP contribution in [0.15, 0.2) is 6.07 Å². The summed E-state index contributed by atoms with van der Waals surface area (Å²) in [5.74, 6) is 1.69. The molecule has 0 spiro atoms. The summed E-state index contributed by atoms with van der Waals surface area (Å²) in [7, 11) is 0.